The molecule has 4 aromatic rings. The van der Waals surface area contributed by atoms with Crippen LogP contribution < -0.4 is 9.64 Å². The van der Waals surface area contributed by atoms with Crippen molar-refractivity contribution in [3.8, 4) is 28.1 Å². The summed E-state index contributed by atoms with van der Waals surface area (Å²) in [6.07, 6.45) is 3.32. The highest BCUT2D eigenvalue weighted by atomic mass is 35.5. The first-order valence-electron chi connectivity index (χ1n) is 17.1. The van der Waals surface area contributed by atoms with Gasteiger partial charge in [-0.25, -0.2) is 9.78 Å². The van der Waals surface area contributed by atoms with E-state index in [1.165, 1.54) is 0 Å². The van der Waals surface area contributed by atoms with Crippen LogP contribution in [0.1, 0.15) is 89.5 Å². The van der Waals surface area contributed by atoms with Crippen molar-refractivity contribution in [1.82, 2.24) is 9.38 Å². The zero-order chi connectivity index (χ0) is 34.4. The first-order valence-corrected chi connectivity index (χ1v) is 17.5. The molecule has 9 heteroatoms. The summed E-state index contributed by atoms with van der Waals surface area (Å²) in [6.45, 7) is 16.0. The molecule has 7 rings (SSSR count). The van der Waals surface area contributed by atoms with Gasteiger partial charge in [0.15, 0.2) is 6.10 Å². The summed E-state index contributed by atoms with van der Waals surface area (Å²) < 4.78 is 21.2. The van der Waals surface area contributed by atoms with E-state index < -0.39 is 17.7 Å². The molecule has 256 valence electrons. The van der Waals surface area contributed by atoms with E-state index in [-0.39, 0.29) is 11.7 Å². The SMILES string of the molecule is Cc1ccc2c(c1)-c1cccc(c1)-c1nc3cc(C)c(C(OC(C)(C)C)C(=O)O)c(n3c1Cl)N1CCC(C)(CC1)OCCCCC(C)O2. The quantitative estimate of drug-likeness (QED) is 0.232. The van der Waals surface area contributed by atoms with E-state index in [4.69, 9.17) is 30.8 Å². The molecule has 0 spiro atoms. The van der Waals surface area contributed by atoms with Crippen molar-refractivity contribution >= 4 is 29.0 Å². The number of fused-ring (bicyclic) bond motifs is 8. The van der Waals surface area contributed by atoms with Crippen molar-refractivity contribution < 1.29 is 24.1 Å². The number of hydrogen-bond donors (Lipinski definition) is 1. The van der Waals surface area contributed by atoms with Gasteiger partial charge in [0.05, 0.1) is 17.3 Å². The number of pyridine rings is 1. The van der Waals surface area contributed by atoms with E-state index in [0.29, 0.717) is 47.6 Å². The minimum atomic E-state index is -1.20. The predicted molar refractivity (Wildman–Crippen MR) is 192 cm³/mol. The van der Waals surface area contributed by atoms with Gasteiger partial charge in [-0.15, -0.1) is 0 Å². The van der Waals surface area contributed by atoms with Crippen molar-refractivity contribution in [1.29, 1.82) is 0 Å². The van der Waals surface area contributed by atoms with Crippen LogP contribution in [0.2, 0.25) is 5.15 Å². The van der Waals surface area contributed by atoms with Gasteiger partial charge < -0.3 is 24.2 Å². The maximum Gasteiger partial charge on any atom is 0.337 e. The summed E-state index contributed by atoms with van der Waals surface area (Å²) in [5, 5.41) is 11.0. The Hall–Kier alpha value is -3.59. The van der Waals surface area contributed by atoms with E-state index in [9.17, 15) is 9.90 Å². The van der Waals surface area contributed by atoms with Gasteiger partial charge in [0.2, 0.25) is 0 Å². The van der Waals surface area contributed by atoms with Gasteiger partial charge in [0, 0.05) is 36.4 Å². The predicted octanol–water partition coefficient (Wildman–Crippen LogP) is 9.21. The minimum absolute atomic E-state index is 0.0553. The second kappa shape index (κ2) is 13.4. The van der Waals surface area contributed by atoms with Gasteiger partial charge in [0.25, 0.3) is 0 Å². The Bertz CT molecular complexity index is 1820. The van der Waals surface area contributed by atoms with Crippen LogP contribution in [0.25, 0.3) is 28.0 Å². The number of aliphatic carboxylic acids is 1. The molecule has 0 radical (unpaired) electrons. The van der Waals surface area contributed by atoms with E-state index in [1.54, 1.807) is 0 Å². The Morgan fingerprint density at radius 3 is 2.52 bits per heavy atom. The van der Waals surface area contributed by atoms with Crippen LogP contribution in [0.3, 0.4) is 0 Å². The van der Waals surface area contributed by atoms with E-state index in [2.05, 4.69) is 56.0 Å². The lowest BCUT2D eigenvalue weighted by molar-refractivity contribution is -0.160. The summed E-state index contributed by atoms with van der Waals surface area (Å²) in [7, 11) is 0. The minimum Gasteiger partial charge on any atom is -0.490 e. The fraction of sp³-hybridized carbons (Fsp3) is 0.487. The number of benzene rings is 2. The van der Waals surface area contributed by atoms with Gasteiger partial charge in [-0.1, -0.05) is 41.4 Å². The number of anilines is 1. The monoisotopic (exact) mass is 673 g/mol. The Balaban J connectivity index is 1.57. The number of piperidine rings is 1. The van der Waals surface area contributed by atoms with E-state index in [0.717, 1.165) is 65.7 Å². The lowest BCUT2D eigenvalue weighted by Crippen LogP contribution is -2.45. The Morgan fingerprint density at radius 1 is 1.08 bits per heavy atom. The number of hydrogen-bond acceptors (Lipinski definition) is 6. The molecule has 1 saturated heterocycles. The number of carboxylic acids is 1. The molecule has 2 aromatic carbocycles. The Morgan fingerprint density at radius 2 is 1.81 bits per heavy atom. The second-order valence-corrected chi connectivity index (χ2v) is 15.1. The molecule has 3 aliphatic rings. The highest BCUT2D eigenvalue weighted by molar-refractivity contribution is 6.32. The molecule has 1 fully saturated rings. The molecule has 1 N–H and O–H groups in total. The standard InChI is InChI=1S/C39H48ClN3O5/c1-24-14-15-30-29(21-24)27-12-10-13-28(23-27)33-35(40)43-31(41-33)22-25(2)32(34(37(44)45)48-38(4,5)6)36(43)42-18-16-39(7,17-19-42)46-20-9-8-11-26(3)47-30/h10,12-15,21-23,26,34H,8-9,11,16-20H2,1-7H3,(H,44,45). The van der Waals surface area contributed by atoms with Crippen molar-refractivity contribution in [2.24, 2.45) is 0 Å². The topological polar surface area (TPSA) is 85.5 Å². The van der Waals surface area contributed by atoms with Crippen LogP contribution in [0.15, 0.2) is 48.5 Å². The average Bonchev–Trinajstić information content (AvgIpc) is 3.35. The fourth-order valence-corrected chi connectivity index (χ4v) is 7.28. The third kappa shape index (κ3) is 7.07. The molecule has 2 unspecified atom stereocenters. The van der Waals surface area contributed by atoms with Gasteiger partial charge in [-0.3, -0.25) is 4.40 Å². The van der Waals surface area contributed by atoms with Crippen LogP contribution in [0.4, 0.5) is 5.82 Å². The molecule has 5 heterocycles. The molecule has 48 heavy (non-hydrogen) atoms. The number of carbonyl (C=O) groups is 1. The molecule has 0 amide bonds. The van der Waals surface area contributed by atoms with Gasteiger partial charge >= 0.3 is 5.97 Å². The number of halogens is 1. The molecule has 6 bridgehead atoms. The Kier molecular flexibility index (Phi) is 9.55. The third-order valence-electron chi connectivity index (χ3n) is 9.51. The molecule has 2 atom stereocenters. The van der Waals surface area contributed by atoms with Crippen LogP contribution in [-0.2, 0) is 14.3 Å². The number of carboxylic acid groups (broad SMARTS) is 1. The molecular formula is C39H48ClN3O5. The first-order chi connectivity index (χ1) is 22.7. The van der Waals surface area contributed by atoms with Gasteiger partial charge in [0.1, 0.15) is 28.1 Å². The van der Waals surface area contributed by atoms with Crippen LogP contribution >= 0.6 is 11.6 Å². The number of ether oxygens (including phenoxy) is 3. The zero-order valence-corrected chi connectivity index (χ0v) is 30.0. The third-order valence-corrected chi connectivity index (χ3v) is 9.86. The van der Waals surface area contributed by atoms with Crippen LogP contribution in [0, 0.1) is 13.8 Å². The molecule has 0 saturated carbocycles. The summed E-state index contributed by atoms with van der Waals surface area (Å²) in [5.41, 5.74) is 5.71. The van der Waals surface area contributed by atoms with Gasteiger partial charge in [-0.2, -0.15) is 0 Å². The van der Waals surface area contributed by atoms with Crippen molar-refractivity contribution in [2.45, 2.75) is 104 Å². The number of nitrogens with zero attached hydrogens (tertiary/aromatic N) is 3. The van der Waals surface area contributed by atoms with Crippen molar-refractivity contribution in [3.05, 3.63) is 70.4 Å². The molecule has 3 aliphatic heterocycles. The van der Waals surface area contributed by atoms with Crippen LogP contribution in [0.5, 0.6) is 5.75 Å². The van der Waals surface area contributed by atoms with Crippen LogP contribution in [-0.4, -0.2) is 57.5 Å². The zero-order valence-electron chi connectivity index (χ0n) is 29.2. The largest absolute Gasteiger partial charge is 0.490 e. The lowest BCUT2D eigenvalue weighted by Gasteiger charge is -2.42. The maximum absolute atomic E-state index is 12.9. The number of rotatable bonds is 3. The Labute approximate surface area is 289 Å². The second-order valence-electron chi connectivity index (χ2n) is 14.7. The first kappa shape index (κ1) is 34.3. The molecule has 8 nitrogen and oxygen atoms in total. The van der Waals surface area contributed by atoms with Crippen molar-refractivity contribution in [3.63, 3.8) is 0 Å². The number of aromatic nitrogens is 2. The smallest absolute Gasteiger partial charge is 0.337 e. The molecule has 0 aliphatic carbocycles. The number of imidazole rings is 1. The molecule has 2 aromatic heterocycles. The van der Waals surface area contributed by atoms with E-state index in [1.807, 2.05) is 50.3 Å². The van der Waals surface area contributed by atoms with Crippen molar-refractivity contribution in [2.75, 3.05) is 24.6 Å². The summed E-state index contributed by atoms with van der Waals surface area (Å²) >= 11 is 7.35. The summed E-state index contributed by atoms with van der Waals surface area (Å²) in [5.74, 6) is 0.506. The number of aryl methyl sites for hydroxylation is 2. The highest BCUT2D eigenvalue weighted by Gasteiger charge is 2.38. The summed E-state index contributed by atoms with van der Waals surface area (Å²) in [6, 6.07) is 16.4. The average molecular weight is 674 g/mol. The maximum atomic E-state index is 12.9. The normalized spacial score (nSPS) is 21.2. The lowest BCUT2D eigenvalue weighted by atomic mass is 9.92. The summed E-state index contributed by atoms with van der Waals surface area (Å²) in [4.78, 5) is 20.2. The van der Waals surface area contributed by atoms with Gasteiger partial charge in [-0.05, 0) is 116 Å². The molecular weight excluding hydrogens is 626 g/mol. The fourth-order valence-electron chi connectivity index (χ4n) is 6.96. The van der Waals surface area contributed by atoms with E-state index >= 15 is 0 Å². The highest BCUT2D eigenvalue weighted by Crippen LogP contribution is 2.43.